The lowest BCUT2D eigenvalue weighted by Crippen LogP contribution is -2.62. The molecule has 0 unspecified atom stereocenters. The molecule has 32 heavy (non-hydrogen) atoms. The molecule has 2 aliphatic heterocycles. The number of hydroxylamine groups is 1. The van der Waals surface area contributed by atoms with Crippen LogP contribution in [0.1, 0.15) is 38.2 Å². The summed E-state index contributed by atoms with van der Waals surface area (Å²) in [6, 6.07) is 8.43. The molecule has 2 saturated heterocycles. The van der Waals surface area contributed by atoms with Crippen molar-refractivity contribution < 1.29 is 23.2 Å². The molecule has 0 spiro atoms. The van der Waals surface area contributed by atoms with Gasteiger partial charge in [-0.25, -0.2) is 13.9 Å². The van der Waals surface area contributed by atoms with E-state index in [-0.39, 0.29) is 26.1 Å². The van der Waals surface area contributed by atoms with E-state index in [1.54, 1.807) is 5.48 Å². The minimum Gasteiger partial charge on any atom is -0.381 e. The Balaban J connectivity index is 1.44. The van der Waals surface area contributed by atoms with Gasteiger partial charge in [0, 0.05) is 57.9 Å². The first kappa shape index (κ1) is 23.0. The van der Waals surface area contributed by atoms with E-state index < -0.39 is 20.7 Å². The molecule has 9 heteroatoms. The second-order valence-corrected chi connectivity index (χ2v) is 10.9. The zero-order chi connectivity index (χ0) is 22.8. The Kier molecular flexibility index (Phi) is 6.71. The average Bonchev–Trinajstić information content (AvgIpc) is 2.84. The van der Waals surface area contributed by atoms with Crippen molar-refractivity contribution in [3.05, 3.63) is 47.6 Å². The van der Waals surface area contributed by atoms with Crippen molar-refractivity contribution in [2.75, 3.05) is 44.3 Å². The highest BCUT2D eigenvalue weighted by molar-refractivity contribution is 7.91. The van der Waals surface area contributed by atoms with Gasteiger partial charge in [-0.15, -0.1) is 0 Å². The van der Waals surface area contributed by atoms with Crippen molar-refractivity contribution in [1.29, 1.82) is 0 Å². The van der Waals surface area contributed by atoms with Gasteiger partial charge < -0.3 is 9.64 Å². The number of anilines is 1. The number of hydrogen-bond acceptors (Lipinski definition) is 6. The number of piperazine rings is 1. The summed E-state index contributed by atoms with van der Waals surface area (Å²) in [7, 11) is -3.95. The summed E-state index contributed by atoms with van der Waals surface area (Å²) in [5, 5.41) is 9.20. The van der Waals surface area contributed by atoms with Crippen LogP contribution in [0.25, 0.3) is 5.57 Å². The Bertz CT molecular complexity index is 1000. The smallest absolute Gasteiger partial charge is 0.266 e. The number of sulfonamides is 1. The maximum atomic E-state index is 13.4. The van der Waals surface area contributed by atoms with Gasteiger partial charge in [0.2, 0.25) is 10.0 Å². The minimum absolute atomic E-state index is 0.0357. The van der Waals surface area contributed by atoms with Gasteiger partial charge >= 0.3 is 0 Å². The molecule has 2 heterocycles. The van der Waals surface area contributed by atoms with Crippen LogP contribution in [0.4, 0.5) is 5.69 Å². The molecule has 3 aliphatic rings. The van der Waals surface area contributed by atoms with Gasteiger partial charge in [-0.1, -0.05) is 29.9 Å². The van der Waals surface area contributed by atoms with Gasteiger partial charge in [0.05, 0.1) is 0 Å². The fourth-order valence-corrected chi connectivity index (χ4v) is 6.81. The third kappa shape index (κ3) is 4.22. The number of carbonyl (C=O) groups excluding carboxylic acids is 1. The van der Waals surface area contributed by atoms with Crippen LogP contribution in [0.5, 0.6) is 0 Å². The van der Waals surface area contributed by atoms with E-state index in [0.29, 0.717) is 26.2 Å². The largest absolute Gasteiger partial charge is 0.381 e. The molecule has 2 N–H and O–H groups in total. The molecule has 1 aliphatic carbocycles. The molecule has 0 radical (unpaired) electrons. The molecule has 0 atom stereocenters. The minimum atomic E-state index is -3.95. The van der Waals surface area contributed by atoms with Crippen LogP contribution in [0, 0.1) is 0 Å². The van der Waals surface area contributed by atoms with Crippen LogP contribution in [0.15, 0.2) is 42.0 Å². The second-order valence-electron chi connectivity index (χ2n) is 8.69. The Labute approximate surface area is 189 Å². The topological polar surface area (TPSA) is 99.2 Å². The molecule has 4 rings (SSSR count). The van der Waals surface area contributed by atoms with Crippen LogP contribution in [-0.2, 0) is 19.6 Å². The highest BCUT2D eigenvalue weighted by atomic mass is 32.2. The number of benzene rings is 1. The van der Waals surface area contributed by atoms with E-state index in [1.165, 1.54) is 21.0 Å². The maximum Gasteiger partial charge on any atom is 0.266 e. The van der Waals surface area contributed by atoms with Gasteiger partial charge in [0.15, 0.2) is 4.75 Å². The lowest BCUT2D eigenvalue weighted by molar-refractivity contribution is -0.134. The van der Waals surface area contributed by atoms with Crippen LogP contribution < -0.4 is 10.4 Å². The fourth-order valence-electron chi connectivity index (χ4n) is 4.71. The SMILES string of the molecule is CC1=CC=C(c2ccc(N3CCN(S(=O)(=O)C4(C(=O)NO)CCOCC4)CC3)cc2)CC1. The van der Waals surface area contributed by atoms with Gasteiger partial charge in [0.25, 0.3) is 5.91 Å². The van der Waals surface area contributed by atoms with Crippen molar-refractivity contribution in [2.45, 2.75) is 37.4 Å². The first-order chi connectivity index (χ1) is 15.4. The Hall–Kier alpha value is -2.20. The van der Waals surface area contributed by atoms with E-state index in [9.17, 15) is 18.4 Å². The highest BCUT2D eigenvalue weighted by Crippen LogP contribution is 2.34. The lowest BCUT2D eigenvalue weighted by atomic mass is 9.94. The summed E-state index contributed by atoms with van der Waals surface area (Å²) in [6.45, 7) is 4.15. The molecule has 174 valence electrons. The zero-order valence-electron chi connectivity index (χ0n) is 18.4. The van der Waals surface area contributed by atoms with Crippen molar-refractivity contribution in [3.8, 4) is 0 Å². The number of amides is 1. The van der Waals surface area contributed by atoms with Crippen molar-refractivity contribution in [2.24, 2.45) is 0 Å². The third-order valence-corrected chi connectivity index (χ3v) is 9.48. The molecular formula is C23H31N3O5S. The predicted octanol–water partition coefficient (Wildman–Crippen LogP) is 2.32. The normalized spacial score (nSPS) is 22.1. The Morgan fingerprint density at radius 2 is 1.69 bits per heavy atom. The molecule has 1 aromatic rings. The van der Waals surface area contributed by atoms with Gasteiger partial charge in [-0.3, -0.25) is 10.0 Å². The first-order valence-electron chi connectivity index (χ1n) is 11.1. The first-order valence-corrected chi connectivity index (χ1v) is 12.5. The molecule has 2 fully saturated rings. The van der Waals surface area contributed by atoms with Crippen molar-refractivity contribution in [1.82, 2.24) is 9.79 Å². The van der Waals surface area contributed by atoms with E-state index in [2.05, 4.69) is 48.2 Å². The zero-order valence-corrected chi connectivity index (χ0v) is 19.2. The summed E-state index contributed by atoms with van der Waals surface area (Å²) in [5.41, 5.74) is 6.58. The summed E-state index contributed by atoms with van der Waals surface area (Å²) in [4.78, 5) is 14.6. The molecule has 1 aromatic carbocycles. The number of rotatable bonds is 5. The summed E-state index contributed by atoms with van der Waals surface area (Å²) < 4.78 is 31.8. The standard InChI is InChI=1S/C23H31N3O5S/c1-18-2-4-19(5-3-18)20-6-8-21(9-7-20)25-12-14-26(15-13-25)32(29,30)23(22(27)24-28)10-16-31-17-11-23/h2,4,6-9,28H,3,5,10-17H2,1H3,(H,24,27). The fraction of sp³-hybridized carbons (Fsp3) is 0.522. The van der Waals surface area contributed by atoms with E-state index in [0.717, 1.165) is 18.5 Å². The number of hydrogen-bond donors (Lipinski definition) is 2. The average molecular weight is 462 g/mol. The summed E-state index contributed by atoms with van der Waals surface area (Å²) >= 11 is 0. The highest BCUT2D eigenvalue weighted by Gasteiger charge is 2.54. The molecule has 8 nitrogen and oxygen atoms in total. The molecular weight excluding hydrogens is 430 g/mol. The molecule has 0 aromatic heterocycles. The number of carbonyl (C=O) groups is 1. The summed E-state index contributed by atoms with van der Waals surface area (Å²) in [5.74, 6) is -0.874. The summed E-state index contributed by atoms with van der Waals surface area (Å²) in [6.07, 6.45) is 6.57. The van der Waals surface area contributed by atoms with Crippen LogP contribution >= 0.6 is 0 Å². The number of nitrogens with zero attached hydrogens (tertiary/aromatic N) is 2. The third-order valence-electron chi connectivity index (χ3n) is 6.85. The van der Waals surface area contributed by atoms with E-state index in [1.807, 2.05) is 0 Å². The van der Waals surface area contributed by atoms with E-state index in [4.69, 9.17) is 4.74 Å². The van der Waals surface area contributed by atoms with Crippen LogP contribution in [0.3, 0.4) is 0 Å². The Morgan fingerprint density at radius 3 is 2.25 bits per heavy atom. The quantitative estimate of drug-likeness (QED) is 0.516. The molecule has 1 amide bonds. The lowest BCUT2D eigenvalue weighted by Gasteiger charge is -2.42. The monoisotopic (exact) mass is 461 g/mol. The second kappa shape index (κ2) is 9.35. The number of ether oxygens (including phenoxy) is 1. The van der Waals surface area contributed by atoms with Gasteiger partial charge in [-0.2, -0.15) is 4.31 Å². The molecule has 0 saturated carbocycles. The van der Waals surface area contributed by atoms with Gasteiger partial charge in [0.1, 0.15) is 0 Å². The van der Waals surface area contributed by atoms with Crippen LogP contribution in [-0.4, -0.2) is 68.0 Å². The number of nitrogens with one attached hydrogen (secondary N) is 1. The number of allylic oxidation sites excluding steroid dienone is 4. The Morgan fingerprint density at radius 1 is 1.03 bits per heavy atom. The van der Waals surface area contributed by atoms with Crippen molar-refractivity contribution >= 4 is 27.2 Å². The van der Waals surface area contributed by atoms with E-state index >= 15 is 0 Å². The van der Waals surface area contributed by atoms with Crippen molar-refractivity contribution in [3.63, 3.8) is 0 Å². The maximum absolute atomic E-state index is 13.4. The molecule has 0 bridgehead atoms. The van der Waals surface area contributed by atoms with Gasteiger partial charge in [-0.05, 0) is 43.0 Å². The predicted molar refractivity (Wildman–Crippen MR) is 123 cm³/mol. The van der Waals surface area contributed by atoms with Crippen LogP contribution in [0.2, 0.25) is 0 Å².